The molecule has 0 aromatic heterocycles. The van der Waals surface area contributed by atoms with Gasteiger partial charge in [0.1, 0.15) is 0 Å². The molecule has 0 radical (unpaired) electrons. The van der Waals surface area contributed by atoms with Crippen molar-refractivity contribution in [2.75, 3.05) is 47.3 Å². The number of urea groups is 1. The minimum atomic E-state index is -0.472. The predicted molar refractivity (Wildman–Crippen MR) is 110 cm³/mol. The van der Waals surface area contributed by atoms with Crippen LogP contribution in [0.5, 0.6) is 0 Å². The van der Waals surface area contributed by atoms with Crippen molar-refractivity contribution in [3.63, 3.8) is 0 Å². The van der Waals surface area contributed by atoms with Gasteiger partial charge >= 0.3 is 6.03 Å². The average molecular weight is 399 g/mol. The molecule has 0 saturated heterocycles. The van der Waals surface area contributed by atoms with E-state index in [1.54, 1.807) is 11.9 Å². The normalized spacial score (nSPS) is 19.0. The fourth-order valence-electron chi connectivity index (χ4n) is 3.56. The van der Waals surface area contributed by atoms with Crippen molar-refractivity contribution in [1.82, 2.24) is 25.3 Å². The average Bonchev–Trinajstić information content (AvgIpc) is 3.00. The molecule has 0 fully saturated rings. The number of benzene rings is 1. The number of nitrogens with zero attached hydrogens (tertiary/aromatic N) is 3. The zero-order chi connectivity index (χ0) is 21.1. The second-order valence-electron chi connectivity index (χ2n) is 7.84. The Kier molecular flexibility index (Phi) is 6.22. The molecule has 0 bridgehead atoms. The van der Waals surface area contributed by atoms with Gasteiger partial charge in [-0.15, -0.1) is 0 Å². The standard InChI is InChI=1S/C21H29N5O3/c1-14-5-7-15(8-6-14)19-18-16(25(4)21(29)23-19)13-26(20(18)28)11-9-17(27)22-10-12-24(2)3/h5-8,19H,9-13H2,1-4H3,(H,22,27)(H,23,29). The van der Waals surface area contributed by atoms with Crippen LogP contribution >= 0.6 is 0 Å². The molecule has 1 unspecified atom stereocenters. The van der Waals surface area contributed by atoms with Crippen LogP contribution in [0.15, 0.2) is 35.5 Å². The molecule has 2 aliphatic heterocycles. The maximum atomic E-state index is 13.1. The Morgan fingerprint density at radius 1 is 1.24 bits per heavy atom. The Labute approximate surface area is 171 Å². The summed E-state index contributed by atoms with van der Waals surface area (Å²) in [6, 6.07) is 7.10. The van der Waals surface area contributed by atoms with Crippen LogP contribution in [0.2, 0.25) is 0 Å². The van der Waals surface area contributed by atoms with Gasteiger partial charge in [0.05, 0.1) is 23.9 Å². The number of likely N-dealkylation sites (N-methyl/N-ethyl adjacent to an activating group) is 2. The number of hydrogen-bond donors (Lipinski definition) is 2. The van der Waals surface area contributed by atoms with Crippen LogP contribution in [0, 0.1) is 6.92 Å². The summed E-state index contributed by atoms with van der Waals surface area (Å²) >= 11 is 0. The third-order valence-corrected chi connectivity index (χ3v) is 5.34. The first-order valence-corrected chi connectivity index (χ1v) is 9.82. The first kappa shape index (κ1) is 20.9. The summed E-state index contributed by atoms with van der Waals surface area (Å²) in [4.78, 5) is 42.7. The molecule has 1 atom stereocenters. The SMILES string of the molecule is Cc1ccc(C2NC(=O)N(C)C3=C2C(=O)N(CCC(=O)NCCN(C)C)C3)cc1. The van der Waals surface area contributed by atoms with Crippen LogP contribution in [0.3, 0.4) is 0 Å². The van der Waals surface area contributed by atoms with Crippen molar-refractivity contribution < 1.29 is 14.4 Å². The minimum Gasteiger partial charge on any atom is -0.355 e. The molecule has 156 valence electrons. The van der Waals surface area contributed by atoms with Crippen LogP contribution < -0.4 is 10.6 Å². The fraction of sp³-hybridized carbons (Fsp3) is 0.476. The van der Waals surface area contributed by atoms with Crippen LogP contribution in [-0.4, -0.2) is 79.9 Å². The third kappa shape index (κ3) is 4.59. The monoisotopic (exact) mass is 399 g/mol. The summed E-state index contributed by atoms with van der Waals surface area (Å²) in [5.41, 5.74) is 3.28. The van der Waals surface area contributed by atoms with Crippen molar-refractivity contribution in [3.8, 4) is 0 Å². The molecule has 3 rings (SSSR count). The van der Waals surface area contributed by atoms with E-state index in [4.69, 9.17) is 0 Å². The number of carbonyl (C=O) groups excluding carboxylic acids is 3. The highest BCUT2D eigenvalue weighted by atomic mass is 16.2. The van der Waals surface area contributed by atoms with Crippen molar-refractivity contribution >= 4 is 17.8 Å². The molecule has 29 heavy (non-hydrogen) atoms. The van der Waals surface area contributed by atoms with Gasteiger partial charge in [-0.05, 0) is 26.6 Å². The smallest absolute Gasteiger partial charge is 0.322 e. The fourth-order valence-corrected chi connectivity index (χ4v) is 3.56. The van der Waals surface area contributed by atoms with Gasteiger partial charge in [0, 0.05) is 33.1 Å². The number of amides is 4. The van der Waals surface area contributed by atoms with Gasteiger partial charge < -0.3 is 20.4 Å². The van der Waals surface area contributed by atoms with E-state index in [9.17, 15) is 14.4 Å². The molecule has 4 amide bonds. The zero-order valence-corrected chi connectivity index (χ0v) is 17.5. The van der Waals surface area contributed by atoms with E-state index in [1.165, 1.54) is 4.90 Å². The summed E-state index contributed by atoms with van der Waals surface area (Å²) in [5.74, 6) is -0.208. The summed E-state index contributed by atoms with van der Waals surface area (Å²) in [5, 5.41) is 5.79. The molecule has 1 aromatic rings. The quantitative estimate of drug-likeness (QED) is 0.712. The molecule has 2 heterocycles. The number of rotatable bonds is 7. The summed E-state index contributed by atoms with van der Waals surface area (Å²) < 4.78 is 0. The lowest BCUT2D eigenvalue weighted by atomic mass is 9.95. The van der Waals surface area contributed by atoms with Gasteiger partial charge in [0.15, 0.2) is 0 Å². The first-order chi connectivity index (χ1) is 13.8. The molecule has 0 aliphatic carbocycles. The van der Waals surface area contributed by atoms with E-state index < -0.39 is 6.04 Å². The molecule has 0 spiro atoms. The minimum absolute atomic E-state index is 0.0813. The lowest BCUT2D eigenvalue weighted by molar-refractivity contribution is -0.127. The van der Waals surface area contributed by atoms with Crippen molar-refractivity contribution in [3.05, 3.63) is 46.7 Å². The largest absolute Gasteiger partial charge is 0.355 e. The molecule has 0 saturated carbocycles. The number of carbonyl (C=O) groups is 3. The Bertz CT molecular complexity index is 831. The van der Waals surface area contributed by atoms with Gasteiger partial charge in [-0.2, -0.15) is 0 Å². The highest BCUT2D eigenvalue weighted by molar-refractivity contribution is 6.01. The predicted octanol–water partition coefficient (Wildman–Crippen LogP) is 0.855. The third-order valence-electron chi connectivity index (χ3n) is 5.34. The molecular weight excluding hydrogens is 370 g/mol. The number of aryl methyl sites for hydroxylation is 1. The van der Waals surface area contributed by atoms with E-state index >= 15 is 0 Å². The van der Waals surface area contributed by atoms with Crippen LogP contribution in [-0.2, 0) is 9.59 Å². The maximum absolute atomic E-state index is 13.1. The van der Waals surface area contributed by atoms with Crippen molar-refractivity contribution in [2.24, 2.45) is 0 Å². The molecule has 1 aromatic carbocycles. The van der Waals surface area contributed by atoms with E-state index in [0.29, 0.717) is 30.9 Å². The van der Waals surface area contributed by atoms with E-state index in [0.717, 1.165) is 17.7 Å². The Morgan fingerprint density at radius 2 is 1.93 bits per heavy atom. The Hall–Kier alpha value is -2.87. The highest BCUT2D eigenvalue weighted by Crippen LogP contribution is 2.35. The van der Waals surface area contributed by atoms with E-state index in [-0.39, 0.29) is 24.3 Å². The molecule has 2 N–H and O–H groups in total. The second-order valence-corrected chi connectivity index (χ2v) is 7.84. The van der Waals surface area contributed by atoms with Crippen LogP contribution in [0.1, 0.15) is 23.6 Å². The first-order valence-electron chi connectivity index (χ1n) is 9.82. The van der Waals surface area contributed by atoms with Gasteiger partial charge in [-0.3, -0.25) is 14.5 Å². The van der Waals surface area contributed by atoms with E-state index in [2.05, 4.69) is 10.6 Å². The Morgan fingerprint density at radius 3 is 2.59 bits per heavy atom. The Balaban J connectivity index is 1.69. The van der Waals surface area contributed by atoms with Crippen molar-refractivity contribution in [2.45, 2.75) is 19.4 Å². The van der Waals surface area contributed by atoms with E-state index in [1.807, 2.05) is 50.2 Å². The number of hydrogen-bond acceptors (Lipinski definition) is 4. The highest BCUT2D eigenvalue weighted by Gasteiger charge is 2.42. The topological polar surface area (TPSA) is 85.0 Å². The maximum Gasteiger partial charge on any atom is 0.322 e. The molecule has 8 nitrogen and oxygen atoms in total. The summed E-state index contributed by atoms with van der Waals surface area (Å²) in [6.45, 7) is 3.99. The van der Waals surface area contributed by atoms with Gasteiger partial charge in [0.2, 0.25) is 5.91 Å². The van der Waals surface area contributed by atoms with Crippen LogP contribution in [0.4, 0.5) is 4.79 Å². The zero-order valence-electron chi connectivity index (χ0n) is 17.5. The van der Waals surface area contributed by atoms with Gasteiger partial charge in [-0.25, -0.2) is 4.79 Å². The summed E-state index contributed by atoms with van der Waals surface area (Å²) in [7, 11) is 5.56. The lowest BCUT2D eigenvalue weighted by Gasteiger charge is -2.31. The van der Waals surface area contributed by atoms with Crippen LogP contribution in [0.25, 0.3) is 0 Å². The van der Waals surface area contributed by atoms with Crippen molar-refractivity contribution in [1.29, 1.82) is 0 Å². The lowest BCUT2D eigenvalue weighted by Crippen LogP contribution is -2.45. The molecule has 2 aliphatic rings. The second kappa shape index (κ2) is 8.65. The van der Waals surface area contributed by atoms with Gasteiger partial charge in [0.25, 0.3) is 5.91 Å². The van der Waals surface area contributed by atoms with Gasteiger partial charge in [-0.1, -0.05) is 29.8 Å². The molecular formula is C21H29N5O3. The summed E-state index contributed by atoms with van der Waals surface area (Å²) in [6.07, 6.45) is 0.236. The number of nitrogens with one attached hydrogen (secondary N) is 2. The molecule has 8 heteroatoms.